The van der Waals surface area contributed by atoms with Gasteiger partial charge in [-0.15, -0.1) is 10.2 Å². The van der Waals surface area contributed by atoms with E-state index in [1.54, 1.807) is 6.20 Å². The zero-order chi connectivity index (χ0) is 21.4. The van der Waals surface area contributed by atoms with Gasteiger partial charge in [-0.3, -0.25) is 4.57 Å². The average molecular weight is 438 g/mol. The maximum absolute atomic E-state index is 6.36. The molecule has 1 aromatic carbocycles. The number of pyridine rings is 1. The van der Waals surface area contributed by atoms with Gasteiger partial charge in [-0.1, -0.05) is 17.7 Å². The highest BCUT2D eigenvalue weighted by Gasteiger charge is 2.32. The van der Waals surface area contributed by atoms with Crippen LogP contribution in [0.2, 0.25) is 5.02 Å². The molecule has 0 saturated heterocycles. The normalized spacial score (nSPS) is 23.2. The first-order valence-electron chi connectivity index (χ1n) is 11.1. The minimum absolute atomic E-state index is 0.210. The first-order chi connectivity index (χ1) is 15.1. The van der Waals surface area contributed by atoms with Gasteiger partial charge in [0.15, 0.2) is 0 Å². The highest BCUT2D eigenvalue weighted by Crippen LogP contribution is 2.37. The smallest absolute Gasteiger partial charge is 0.213 e. The van der Waals surface area contributed by atoms with Crippen molar-refractivity contribution < 1.29 is 4.74 Å². The fourth-order valence-corrected chi connectivity index (χ4v) is 5.05. The standard InChI is InChI=1S/C24H28ClN5O/c1-29(2)19-14-17-13-18(25)8-11-21(17)30-22(15-19)27-28-24(30)16-6-9-20(10-7-16)31-23-5-3-4-12-26-23/h3-5,8,11-13,16,19-20H,6-7,9-10,14-15H2,1-2H3/t16?,19-,20?/m1/s1. The summed E-state index contributed by atoms with van der Waals surface area (Å²) < 4.78 is 8.39. The lowest BCUT2D eigenvalue weighted by Gasteiger charge is -2.28. The summed E-state index contributed by atoms with van der Waals surface area (Å²) in [7, 11) is 4.26. The second kappa shape index (κ2) is 8.60. The van der Waals surface area contributed by atoms with Gasteiger partial charge >= 0.3 is 0 Å². The van der Waals surface area contributed by atoms with Crippen molar-refractivity contribution in [3.8, 4) is 11.6 Å². The van der Waals surface area contributed by atoms with E-state index < -0.39 is 0 Å². The molecule has 6 nitrogen and oxygen atoms in total. The van der Waals surface area contributed by atoms with Gasteiger partial charge in [0, 0.05) is 35.7 Å². The van der Waals surface area contributed by atoms with E-state index in [4.69, 9.17) is 21.4 Å². The molecule has 7 heteroatoms. The van der Waals surface area contributed by atoms with Crippen LogP contribution in [0.5, 0.6) is 5.88 Å². The second-order valence-electron chi connectivity index (χ2n) is 8.87. The van der Waals surface area contributed by atoms with Gasteiger partial charge in [-0.05, 0) is 76.0 Å². The van der Waals surface area contributed by atoms with Crippen LogP contribution in [-0.2, 0) is 12.8 Å². The van der Waals surface area contributed by atoms with Gasteiger partial charge in [0.2, 0.25) is 5.88 Å². The quantitative estimate of drug-likeness (QED) is 0.603. The summed E-state index contributed by atoms with van der Waals surface area (Å²) in [6.07, 6.45) is 7.89. The summed E-state index contributed by atoms with van der Waals surface area (Å²) in [5.74, 6) is 3.21. The first-order valence-corrected chi connectivity index (χ1v) is 11.4. The fourth-order valence-electron chi connectivity index (χ4n) is 4.85. The Morgan fingerprint density at radius 1 is 1.03 bits per heavy atom. The molecular formula is C24H28ClN5O. The maximum atomic E-state index is 6.36. The Bertz CT molecular complexity index is 1040. The van der Waals surface area contributed by atoms with Crippen LogP contribution in [-0.4, -0.2) is 50.9 Å². The number of ether oxygens (including phenoxy) is 1. The SMILES string of the molecule is CN(C)[C@@H]1Cc2cc(Cl)ccc2-n2c(nnc2C2CCC(Oc3ccccn3)CC2)C1. The highest BCUT2D eigenvalue weighted by atomic mass is 35.5. The highest BCUT2D eigenvalue weighted by molar-refractivity contribution is 6.30. The number of fused-ring (bicyclic) bond motifs is 3. The minimum Gasteiger partial charge on any atom is -0.474 e. The minimum atomic E-state index is 0.210. The molecule has 1 aliphatic carbocycles. The predicted octanol–water partition coefficient (Wildman–Crippen LogP) is 4.45. The van der Waals surface area contributed by atoms with Crippen LogP contribution >= 0.6 is 11.6 Å². The molecule has 3 heterocycles. The fraction of sp³-hybridized carbons (Fsp3) is 0.458. The van der Waals surface area contributed by atoms with Crippen molar-refractivity contribution in [2.75, 3.05) is 14.1 Å². The molecule has 1 aliphatic heterocycles. The number of halogens is 1. The topological polar surface area (TPSA) is 56.1 Å². The Labute approximate surface area is 188 Å². The summed E-state index contributed by atoms with van der Waals surface area (Å²) in [5.41, 5.74) is 2.44. The van der Waals surface area contributed by atoms with E-state index in [9.17, 15) is 0 Å². The van der Waals surface area contributed by atoms with E-state index in [0.29, 0.717) is 17.8 Å². The number of rotatable bonds is 4. The molecule has 0 N–H and O–H groups in total. The first kappa shape index (κ1) is 20.5. The Morgan fingerprint density at radius 2 is 1.87 bits per heavy atom. The Morgan fingerprint density at radius 3 is 2.61 bits per heavy atom. The van der Waals surface area contributed by atoms with Crippen LogP contribution in [0.3, 0.4) is 0 Å². The third-order valence-electron chi connectivity index (χ3n) is 6.61. The lowest BCUT2D eigenvalue weighted by Crippen LogP contribution is -2.31. The van der Waals surface area contributed by atoms with E-state index in [1.165, 1.54) is 11.3 Å². The summed E-state index contributed by atoms with van der Waals surface area (Å²) in [6, 6.07) is 12.4. The monoisotopic (exact) mass is 437 g/mol. The van der Waals surface area contributed by atoms with Crippen molar-refractivity contribution in [1.82, 2.24) is 24.6 Å². The lowest BCUT2D eigenvalue weighted by atomic mass is 9.86. The van der Waals surface area contributed by atoms with E-state index in [-0.39, 0.29) is 6.10 Å². The number of likely N-dealkylation sites (N-methyl/N-ethyl adjacent to an activating group) is 1. The third kappa shape index (κ3) is 4.19. The zero-order valence-electron chi connectivity index (χ0n) is 18.0. The molecule has 0 radical (unpaired) electrons. The molecule has 1 fully saturated rings. The Kier molecular flexibility index (Phi) is 5.67. The molecule has 162 valence electrons. The zero-order valence-corrected chi connectivity index (χ0v) is 18.8. The number of aromatic nitrogens is 4. The molecule has 0 amide bonds. The van der Waals surface area contributed by atoms with Gasteiger partial charge in [0.25, 0.3) is 0 Å². The van der Waals surface area contributed by atoms with Crippen molar-refractivity contribution in [3.05, 3.63) is 64.8 Å². The Hall–Kier alpha value is -2.44. The molecule has 3 aromatic rings. The van der Waals surface area contributed by atoms with E-state index in [2.05, 4.69) is 45.8 Å². The summed E-state index contributed by atoms with van der Waals surface area (Å²) in [4.78, 5) is 6.57. The molecule has 0 bridgehead atoms. The van der Waals surface area contributed by atoms with Crippen molar-refractivity contribution in [1.29, 1.82) is 0 Å². The van der Waals surface area contributed by atoms with Crippen LogP contribution < -0.4 is 4.74 Å². The number of hydrogen-bond donors (Lipinski definition) is 0. The van der Waals surface area contributed by atoms with E-state index in [0.717, 1.165) is 55.2 Å². The van der Waals surface area contributed by atoms with Crippen LogP contribution in [0.1, 0.15) is 48.8 Å². The van der Waals surface area contributed by atoms with Gasteiger partial charge < -0.3 is 9.64 Å². The molecule has 5 rings (SSSR count). The van der Waals surface area contributed by atoms with Gasteiger partial charge in [-0.2, -0.15) is 0 Å². The largest absolute Gasteiger partial charge is 0.474 e. The maximum Gasteiger partial charge on any atom is 0.213 e. The molecule has 1 atom stereocenters. The van der Waals surface area contributed by atoms with Gasteiger partial charge in [0.05, 0.1) is 5.69 Å². The van der Waals surface area contributed by atoms with Crippen molar-refractivity contribution in [3.63, 3.8) is 0 Å². The number of hydrogen-bond acceptors (Lipinski definition) is 5. The van der Waals surface area contributed by atoms with E-state index >= 15 is 0 Å². The summed E-state index contributed by atoms with van der Waals surface area (Å²) in [6.45, 7) is 0. The molecular weight excluding hydrogens is 410 g/mol. The molecule has 0 unspecified atom stereocenters. The van der Waals surface area contributed by atoms with Gasteiger partial charge in [-0.25, -0.2) is 4.98 Å². The van der Waals surface area contributed by atoms with Crippen molar-refractivity contribution >= 4 is 11.6 Å². The van der Waals surface area contributed by atoms with Crippen LogP contribution in [0.4, 0.5) is 0 Å². The van der Waals surface area contributed by atoms with Crippen molar-refractivity contribution in [2.45, 2.75) is 56.6 Å². The molecule has 2 aromatic heterocycles. The summed E-state index contributed by atoms with van der Waals surface area (Å²) in [5, 5.41) is 10.1. The van der Waals surface area contributed by atoms with Crippen LogP contribution in [0.25, 0.3) is 5.69 Å². The molecule has 0 spiro atoms. The number of benzene rings is 1. The molecule has 2 aliphatic rings. The average Bonchev–Trinajstić information content (AvgIpc) is 3.10. The molecule has 31 heavy (non-hydrogen) atoms. The predicted molar refractivity (Wildman–Crippen MR) is 121 cm³/mol. The molecule has 1 saturated carbocycles. The third-order valence-corrected chi connectivity index (χ3v) is 6.84. The van der Waals surface area contributed by atoms with Gasteiger partial charge in [0.1, 0.15) is 17.8 Å². The summed E-state index contributed by atoms with van der Waals surface area (Å²) >= 11 is 6.36. The Balaban J connectivity index is 1.40. The van der Waals surface area contributed by atoms with Crippen molar-refractivity contribution in [2.24, 2.45) is 0 Å². The van der Waals surface area contributed by atoms with Crippen LogP contribution in [0.15, 0.2) is 42.6 Å². The second-order valence-corrected chi connectivity index (χ2v) is 9.30. The van der Waals surface area contributed by atoms with Crippen LogP contribution in [0, 0.1) is 0 Å². The van der Waals surface area contributed by atoms with E-state index in [1.807, 2.05) is 24.3 Å². The lowest BCUT2D eigenvalue weighted by molar-refractivity contribution is 0.139. The number of nitrogens with zero attached hydrogens (tertiary/aromatic N) is 5.